The third-order valence-corrected chi connectivity index (χ3v) is 25.9. The minimum absolute atomic E-state index is 0.318. The number of hydrogen-bond donors (Lipinski definition) is 3. The van der Waals surface area contributed by atoms with E-state index in [1.807, 2.05) is 0 Å². The molecule has 0 aromatic carbocycles. The van der Waals surface area contributed by atoms with E-state index in [4.69, 9.17) is 9.22 Å². The molecule has 81 heavy (non-hydrogen) atoms. The smallest absolute Gasteiger partial charge is 0.0654 e. The molecule has 0 aliphatic rings. The molecule has 0 rings (SSSR count). The Labute approximate surface area is 528 Å². The molecule has 3 unspecified atom stereocenters. The van der Waals surface area contributed by atoms with Crippen molar-refractivity contribution in [3.63, 3.8) is 0 Å². The van der Waals surface area contributed by atoms with Crippen LogP contribution in [0.2, 0.25) is 4.44 Å². The second-order valence-corrected chi connectivity index (χ2v) is 33.5. The monoisotopic (exact) mass is 1300 g/mol. The number of rotatable bonds is 67. The summed E-state index contributed by atoms with van der Waals surface area (Å²) >= 11 is 8.79. The summed E-state index contributed by atoms with van der Waals surface area (Å²) in [6, 6.07) is 0. The van der Waals surface area contributed by atoms with Gasteiger partial charge in [-0.1, -0.05) is 175 Å². The van der Waals surface area contributed by atoms with Crippen molar-refractivity contribution in [1.29, 1.82) is 0 Å². The first-order chi connectivity index (χ1) is 39.8. The van der Waals surface area contributed by atoms with Crippen LogP contribution < -0.4 is 0 Å². The van der Waals surface area contributed by atoms with E-state index in [9.17, 15) is 14.4 Å². The van der Waals surface area contributed by atoms with E-state index < -0.39 is 55.3 Å². The average Bonchev–Trinajstić information content (AvgIpc) is 3.46. The fourth-order valence-corrected chi connectivity index (χ4v) is 19.9. The van der Waals surface area contributed by atoms with Crippen LogP contribution in [0.5, 0.6) is 0 Å². The summed E-state index contributed by atoms with van der Waals surface area (Å²) in [5, 5.41) is 0. The molecule has 0 aromatic heterocycles. The molecule has 0 spiro atoms. The van der Waals surface area contributed by atoms with Gasteiger partial charge in [0.25, 0.3) is 0 Å². The van der Waals surface area contributed by atoms with Crippen molar-refractivity contribution in [3.8, 4) is 0 Å². The van der Waals surface area contributed by atoms with Crippen LogP contribution in [0.15, 0.2) is 0 Å². The molecule has 0 amide bonds. The van der Waals surface area contributed by atoms with Crippen molar-refractivity contribution in [2.75, 3.05) is 17.3 Å². The number of hydrogen-bond acceptors (Lipinski definition) is 9. The minimum Gasteiger partial charge on any atom is -0.0654 e. The molecule has 3 atom stereocenters. The standard InChI is InChI=1S/3C21H42O2S.C8H17.Sn/c3*1-2-3-4-5-6-7-8-9-10-11-12-13-14-15-16-17-18-20(19-24)21(22)23;1-3-5-7-8-6-4-2;/h3*20,24H,2-19H2,1H3,(H,22,23);1,3-8H2,2H3;/q;;;;+3/p-3. The van der Waals surface area contributed by atoms with Gasteiger partial charge in [-0.15, -0.1) is 0 Å². The van der Waals surface area contributed by atoms with E-state index in [0.29, 0.717) is 47.4 Å². The van der Waals surface area contributed by atoms with Gasteiger partial charge in [0, 0.05) is 0 Å². The molecule has 6 nitrogen and oxygen atoms in total. The van der Waals surface area contributed by atoms with Crippen LogP contribution in [0, 0.1) is 17.8 Å². The zero-order valence-electron chi connectivity index (χ0n) is 54.7. The molecule has 0 heterocycles. The first kappa shape index (κ1) is 81.3. The molecule has 482 valence electrons. The molecular weight excluding hydrogens is 1160 g/mol. The van der Waals surface area contributed by atoms with E-state index in [-0.39, 0.29) is 0 Å². The maximum atomic E-state index is 14.4. The zero-order chi connectivity index (χ0) is 59.2. The number of carbonyl (C=O) groups is 3. The van der Waals surface area contributed by atoms with Gasteiger partial charge in [-0.2, -0.15) is 0 Å². The van der Waals surface area contributed by atoms with Gasteiger partial charge in [-0.05, 0) is 0 Å². The molecule has 0 saturated carbocycles. The van der Waals surface area contributed by atoms with Crippen molar-refractivity contribution in [2.24, 2.45) is 17.8 Å². The first-order valence-corrected chi connectivity index (χ1v) is 43.7. The summed E-state index contributed by atoms with van der Waals surface area (Å²) in [6.45, 7) is 9.07. The predicted molar refractivity (Wildman–Crippen MR) is 367 cm³/mol. The Morgan fingerprint density at radius 2 is 0.395 bits per heavy atom. The van der Waals surface area contributed by atoms with Crippen LogP contribution in [-0.4, -0.2) is 54.8 Å². The molecule has 0 aliphatic heterocycles. The topological polar surface area (TPSA) is 78.9 Å². The van der Waals surface area contributed by atoms with Gasteiger partial charge in [0.1, 0.15) is 0 Å². The third-order valence-electron chi connectivity index (χ3n) is 17.5. The number of carbonyl (C=O) groups excluding carboxylic acids is 3. The molecule has 0 fully saturated rings. The van der Waals surface area contributed by atoms with Gasteiger partial charge >= 0.3 is 357 Å². The Morgan fingerprint density at radius 1 is 0.247 bits per heavy atom. The van der Waals surface area contributed by atoms with Crippen LogP contribution in [0.3, 0.4) is 0 Å². The fourth-order valence-electron chi connectivity index (χ4n) is 11.7. The Kier molecular flexibility index (Phi) is 64.9. The summed E-state index contributed by atoms with van der Waals surface area (Å²) in [4.78, 5) is 43.3. The van der Waals surface area contributed by atoms with E-state index in [0.717, 1.165) is 83.5 Å². The minimum atomic E-state index is -5.28. The van der Waals surface area contributed by atoms with Crippen molar-refractivity contribution < 1.29 is 23.6 Å². The molecule has 10 heteroatoms. The fraction of sp³-hybridized carbons (Fsp3) is 0.958. The van der Waals surface area contributed by atoms with Crippen molar-refractivity contribution >= 4 is 75.4 Å². The van der Waals surface area contributed by atoms with Gasteiger partial charge in [-0.3, -0.25) is 0 Å². The van der Waals surface area contributed by atoms with E-state index in [2.05, 4.69) is 65.6 Å². The Hall–Kier alpha value is 0.259. The molecule has 0 aliphatic carbocycles. The van der Waals surface area contributed by atoms with Crippen molar-refractivity contribution in [1.82, 2.24) is 0 Å². The van der Waals surface area contributed by atoms with Crippen molar-refractivity contribution in [2.45, 2.75) is 398 Å². The predicted octanol–water partition coefficient (Wildman–Crippen LogP) is 24.5. The SMILES string of the molecule is CCCCCCCCCCCCCCCCCCC(CS)C(=O)[O][Sn]([CH2]CCCCCCC)([O]C(=O)C(CS)CCCCCCCCCCCCCCCCCC)[O]C(=O)C(CS)CCCCCCCCCCCCCCCCCC. The summed E-state index contributed by atoms with van der Waals surface area (Å²) in [5.41, 5.74) is 0. The Morgan fingerprint density at radius 3 is 0.556 bits per heavy atom. The van der Waals surface area contributed by atoms with E-state index >= 15 is 0 Å². The van der Waals surface area contributed by atoms with Crippen LogP contribution >= 0.6 is 37.9 Å². The number of thiol groups is 3. The average molecular weight is 1300 g/mol. The van der Waals surface area contributed by atoms with E-state index in [1.54, 1.807) is 0 Å². The zero-order valence-corrected chi connectivity index (χ0v) is 60.2. The second-order valence-electron chi connectivity index (χ2n) is 25.4. The molecule has 0 aromatic rings. The first-order valence-electron chi connectivity index (χ1n) is 36.3. The summed E-state index contributed by atoms with van der Waals surface area (Å²) in [5.74, 6) is -1.55. The second kappa shape index (κ2) is 64.7. The van der Waals surface area contributed by atoms with Gasteiger partial charge in [0.15, 0.2) is 0 Å². The molecule has 0 saturated heterocycles. The van der Waals surface area contributed by atoms with Crippen LogP contribution in [0.1, 0.15) is 394 Å². The van der Waals surface area contributed by atoms with Crippen LogP contribution in [-0.2, 0) is 23.6 Å². The summed E-state index contributed by atoms with van der Waals surface area (Å²) in [7, 11) is 0. The van der Waals surface area contributed by atoms with Crippen LogP contribution in [0.25, 0.3) is 0 Å². The van der Waals surface area contributed by atoms with Gasteiger partial charge < -0.3 is 0 Å². The van der Waals surface area contributed by atoms with Gasteiger partial charge in [0.05, 0.1) is 0 Å². The Bertz CT molecular complexity index is 1180. The van der Waals surface area contributed by atoms with Crippen LogP contribution in [0.4, 0.5) is 0 Å². The Balaban J connectivity index is 5.63. The quantitative estimate of drug-likeness (QED) is 0.0320. The van der Waals surface area contributed by atoms with Gasteiger partial charge in [0.2, 0.25) is 0 Å². The van der Waals surface area contributed by atoms with E-state index in [1.165, 1.54) is 257 Å². The molecular formula is C71H140O6S3Sn. The molecule has 0 radical (unpaired) electrons. The molecule has 0 N–H and O–H groups in total. The third kappa shape index (κ3) is 53.0. The normalized spacial score (nSPS) is 13.5. The van der Waals surface area contributed by atoms with Gasteiger partial charge in [-0.25, -0.2) is 0 Å². The number of unbranched alkanes of at least 4 members (excludes halogenated alkanes) is 50. The summed E-state index contributed by atoms with van der Waals surface area (Å²) in [6.07, 6.45) is 70.4. The molecule has 0 bridgehead atoms. The summed E-state index contributed by atoms with van der Waals surface area (Å²) < 4.78 is 20.1. The maximum absolute atomic E-state index is 14.4. The van der Waals surface area contributed by atoms with Crippen molar-refractivity contribution in [3.05, 3.63) is 0 Å².